The van der Waals surface area contributed by atoms with E-state index in [0.717, 1.165) is 6.07 Å². The van der Waals surface area contributed by atoms with E-state index in [9.17, 15) is 40.5 Å². The van der Waals surface area contributed by atoms with E-state index in [1.165, 1.54) is 6.07 Å². The van der Waals surface area contributed by atoms with Crippen molar-refractivity contribution in [3.63, 3.8) is 0 Å². The molecule has 0 aromatic heterocycles. The van der Waals surface area contributed by atoms with Crippen LogP contribution < -0.4 is 5.32 Å². The zero-order valence-electron chi connectivity index (χ0n) is 12.6. The van der Waals surface area contributed by atoms with E-state index < -0.39 is 42.4 Å². The lowest BCUT2D eigenvalue weighted by Gasteiger charge is -2.10. The maximum Gasteiger partial charge on any atom is 0.306 e. The summed E-state index contributed by atoms with van der Waals surface area (Å²) in [6.07, 6.45) is 0. The molecule has 2 rings (SSSR count). The Morgan fingerprint density at radius 1 is 0.667 bits per heavy atom. The van der Waals surface area contributed by atoms with Gasteiger partial charge in [0.25, 0.3) is 11.4 Å². The smallest absolute Gasteiger partial charge is 0.306 e. The molecule has 0 heterocycles. The van der Waals surface area contributed by atoms with E-state index in [-0.39, 0.29) is 20.3 Å². The fourth-order valence-electron chi connectivity index (χ4n) is 2.03. The Labute approximate surface area is 164 Å². The van der Waals surface area contributed by atoms with E-state index in [1.54, 1.807) is 0 Å². The van der Waals surface area contributed by atoms with Crippen LogP contribution in [0.1, 0.15) is 0 Å². The predicted octanol–water partition coefficient (Wildman–Crippen LogP) is 4.59. The highest BCUT2D eigenvalue weighted by atomic mass is 79.9. The summed E-state index contributed by atoms with van der Waals surface area (Å²) in [4.78, 5) is 40.6. The Morgan fingerprint density at radius 3 is 1.56 bits per heavy atom. The van der Waals surface area contributed by atoms with Crippen LogP contribution in [-0.4, -0.2) is 19.7 Å². The third kappa shape index (κ3) is 4.14. The zero-order valence-corrected chi connectivity index (χ0v) is 15.8. The van der Waals surface area contributed by atoms with Crippen molar-refractivity contribution in [1.82, 2.24) is 0 Å². The van der Waals surface area contributed by atoms with Gasteiger partial charge >= 0.3 is 11.4 Å². The Balaban J connectivity index is 2.70. The van der Waals surface area contributed by atoms with Crippen molar-refractivity contribution < 1.29 is 19.7 Å². The van der Waals surface area contributed by atoms with Gasteiger partial charge in [0, 0.05) is 10.5 Å². The number of nitrogens with zero attached hydrogens (tertiary/aromatic N) is 4. The topological polar surface area (TPSA) is 185 Å². The molecular weight excluding hydrogens is 502 g/mol. The Morgan fingerprint density at radius 2 is 1.15 bits per heavy atom. The summed E-state index contributed by atoms with van der Waals surface area (Å²) in [6, 6.07) is 3.40. The van der Waals surface area contributed by atoms with E-state index in [4.69, 9.17) is 0 Å². The van der Waals surface area contributed by atoms with Crippen molar-refractivity contribution in [2.24, 2.45) is 0 Å². The molecule has 0 saturated carbocycles. The minimum Gasteiger partial charge on any atom is -0.343 e. The summed E-state index contributed by atoms with van der Waals surface area (Å²) in [5, 5.41) is 46.8. The first-order valence-electron chi connectivity index (χ1n) is 6.54. The van der Waals surface area contributed by atoms with Crippen molar-refractivity contribution in [3.05, 3.63) is 73.7 Å². The molecule has 0 radical (unpaired) electrons. The summed E-state index contributed by atoms with van der Waals surface area (Å²) >= 11 is 5.99. The molecule has 0 fully saturated rings. The maximum absolute atomic E-state index is 11.3. The van der Waals surface area contributed by atoms with Crippen molar-refractivity contribution in [2.75, 3.05) is 5.32 Å². The van der Waals surface area contributed by atoms with Crippen LogP contribution in [0, 0.1) is 40.5 Å². The molecule has 15 heteroatoms. The number of nitrogens with one attached hydrogen (secondary N) is 1. The summed E-state index contributed by atoms with van der Waals surface area (Å²) in [6.45, 7) is 0. The third-order valence-corrected chi connectivity index (χ3v) is 4.47. The fourth-order valence-corrected chi connectivity index (χ4v) is 2.94. The maximum atomic E-state index is 11.3. The molecule has 0 spiro atoms. The van der Waals surface area contributed by atoms with Gasteiger partial charge in [-0.1, -0.05) is 0 Å². The molecular formula is C12H5Br2N5O8. The van der Waals surface area contributed by atoms with Crippen molar-refractivity contribution in [3.8, 4) is 0 Å². The van der Waals surface area contributed by atoms with Gasteiger partial charge < -0.3 is 5.32 Å². The molecule has 2 aromatic rings. The van der Waals surface area contributed by atoms with Gasteiger partial charge in [-0.2, -0.15) is 0 Å². The lowest BCUT2D eigenvalue weighted by atomic mass is 10.2. The highest BCUT2D eigenvalue weighted by Crippen LogP contribution is 2.43. The quantitative estimate of drug-likeness (QED) is 0.431. The molecule has 2 aromatic carbocycles. The van der Waals surface area contributed by atoms with Gasteiger partial charge in [0.1, 0.15) is 0 Å². The SMILES string of the molecule is O=[N+]([O-])c1cc([N+](=O)[O-])c(Nc2cc(Br)c([N+](=O)[O-])cc2Br)c([N+](=O)[O-])c1. The van der Waals surface area contributed by atoms with E-state index in [0.29, 0.717) is 12.1 Å². The number of non-ortho nitro benzene ring substituents is 1. The fraction of sp³-hybridized carbons (Fsp3) is 0. The molecule has 0 saturated heterocycles. The third-order valence-electron chi connectivity index (χ3n) is 3.18. The van der Waals surface area contributed by atoms with Gasteiger partial charge in [-0.15, -0.1) is 0 Å². The predicted molar refractivity (Wildman–Crippen MR) is 98.2 cm³/mol. The van der Waals surface area contributed by atoms with Crippen LogP contribution >= 0.6 is 31.9 Å². The average Bonchev–Trinajstić information content (AvgIpc) is 2.56. The molecule has 0 unspecified atom stereocenters. The van der Waals surface area contributed by atoms with Crippen LogP contribution in [0.3, 0.4) is 0 Å². The van der Waals surface area contributed by atoms with E-state index in [2.05, 4.69) is 37.2 Å². The van der Waals surface area contributed by atoms with E-state index in [1.807, 2.05) is 0 Å². The summed E-state index contributed by atoms with van der Waals surface area (Å²) in [5.74, 6) is 0. The largest absolute Gasteiger partial charge is 0.343 e. The monoisotopic (exact) mass is 505 g/mol. The molecule has 27 heavy (non-hydrogen) atoms. The molecule has 0 atom stereocenters. The number of benzene rings is 2. The Hall–Kier alpha value is -3.20. The van der Waals surface area contributed by atoms with Gasteiger partial charge in [0.2, 0.25) is 0 Å². The summed E-state index contributed by atoms with van der Waals surface area (Å²) < 4.78 is 0.0877. The van der Waals surface area contributed by atoms with Gasteiger partial charge in [-0.3, -0.25) is 40.5 Å². The number of nitro groups is 4. The van der Waals surface area contributed by atoms with Gasteiger partial charge in [-0.05, 0) is 37.9 Å². The van der Waals surface area contributed by atoms with Crippen molar-refractivity contribution in [2.45, 2.75) is 0 Å². The second-order valence-electron chi connectivity index (χ2n) is 4.80. The van der Waals surface area contributed by atoms with Gasteiger partial charge in [0.05, 0.1) is 42.0 Å². The number of hydrogen-bond donors (Lipinski definition) is 1. The van der Waals surface area contributed by atoms with Crippen LogP contribution in [-0.2, 0) is 0 Å². The molecule has 13 nitrogen and oxygen atoms in total. The molecule has 0 aliphatic rings. The lowest BCUT2D eigenvalue weighted by Crippen LogP contribution is -2.04. The molecule has 0 bridgehead atoms. The highest BCUT2D eigenvalue weighted by molar-refractivity contribution is 9.11. The number of rotatable bonds is 6. The number of halogens is 2. The van der Waals surface area contributed by atoms with Crippen LogP contribution in [0.4, 0.5) is 34.1 Å². The Kier molecular flexibility index (Phi) is 5.65. The van der Waals surface area contributed by atoms with Gasteiger partial charge in [0.15, 0.2) is 5.69 Å². The van der Waals surface area contributed by atoms with Crippen molar-refractivity contribution >= 4 is 66.0 Å². The number of hydrogen-bond acceptors (Lipinski definition) is 9. The summed E-state index contributed by atoms with van der Waals surface area (Å²) in [5.41, 5.74) is -3.55. The second-order valence-corrected chi connectivity index (χ2v) is 6.50. The average molecular weight is 507 g/mol. The number of nitro benzene ring substituents is 4. The molecule has 0 aliphatic carbocycles. The molecule has 140 valence electrons. The highest BCUT2D eigenvalue weighted by Gasteiger charge is 2.31. The van der Waals surface area contributed by atoms with Crippen LogP contribution in [0.15, 0.2) is 33.2 Å². The first-order chi connectivity index (χ1) is 12.5. The lowest BCUT2D eigenvalue weighted by molar-refractivity contribution is -0.401. The first-order valence-corrected chi connectivity index (χ1v) is 8.13. The standard InChI is InChI=1S/C12H5Br2N5O8/c13-6-4-9(17(22)23)7(14)3-8(6)15-12-10(18(24)25)1-5(16(20)21)2-11(12)19(26)27/h1-4,15H. The minimum atomic E-state index is -1.02. The summed E-state index contributed by atoms with van der Waals surface area (Å²) in [7, 11) is 0. The molecule has 0 amide bonds. The number of anilines is 2. The van der Waals surface area contributed by atoms with Crippen LogP contribution in [0.5, 0.6) is 0 Å². The van der Waals surface area contributed by atoms with Gasteiger partial charge in [-0.25, -0.2) is 0 Å². The first kappa shape index (κ1) is 20.1. The molecule has 0 aliphatic heterocycles. The van der Waals surface area contributed by atoms with Crippen LogP contribution in [0.2, 0.25) is 0 Å². The zero-order chi connectivity index (χ0) is 20.5. The molecule has 1 N–H and O–H groups in total. The van der Waals surface area contributed by atoms with E-state index >= 15 is 0 Å². The second kappa shape index (κ2) is 7.58. The van der Waals surface area contributed by atoms with Crippen LogP contribution in [0.25, 0.3) is 0 Å². The normalized spacial score (nSPS) is 10.3. The minimum absolute atomic E-state index is 0.00502. The van der Waals surface area contributed by atoms with Crippen molar-refractivity contribution in [1.29, 1.82) is 0 Å². The Bertz CT molecular complexity index is 977.